The van der Waals surface area contributed by atoms with E-state index >= 15 is 35.1 Å². The van der Waals surface area contributed by atoms with Crippen molar-refractivity contribution in [3.8, 4) is 34.1 Å². The van der Waals surface area contributed by atoms with Crippen molar-refractivity contribution in [2.45, 2.75) is 29.1 Å². The van der Waals surface area contributed by atoms with Gasteiger partial charge in [-0.2, -0.15) is 34.4 Å². The van der Waals surface area contributed by atoms with E-state index in [4.69, 9.17) is 34.7 Å². The van der Waals surface area contributed by atoms with Gasteiger partial charge < -0.3 is 19.3 Å². The van der Waals surface area contributed by atoms with E-state index in [9.17, 15) is 25.9 Å². The first-order valence-corrected chi connectivity index (χ1v) is 37.8. The van der Waals surface area contributed by atoms with Crippen molar-refractivity contribution >= 4 is 97.1 Å². The fourth-order valence-corrected chi connectivity index (χ4v) is 13.1. The highest BCUT2D eigenvalue weighted by Gasteiger charge is 2.36. The Morgan fingerprint density at radius 3 is 0.865 bits per heavy atom. The first-order valence-electron chi connectivity index (χ1n) is 32.9. The first kappa shape index (κ1) is 79.3. The monoisotopic (exact) mass is 1580 g/mol. The third kappa shape index (κ3) is 19.4. The molecule has 2 N–H and O–H groups in total. The number of hydrogen-bond donors (Lipinski definition) is 2. The van der Waals surface area contributed by atoms with E-state index in [0.29, 0.717) is 6.07 Å². The zero-order valence-corrected chi connectivity index (χ0v) is 60.4. The van der Waals surface area contributed by atoms with E-state index in [-0.39, 0.29) is 21.5 Å². The molecular formula is C83H56F8N2O14S4. The van der Waals surface area contributed by atoms with Crippen molar-refractivity contribution in [1.29, 1.82) is 0 Å². The molecule has 111 heavy (non-hydrogen) atoms. The fraction of sp³-hybridized carbons (Fsp3) is 0.0361. The van der Waals surface area contributed by atoms with Gasteiger partial charge in [0.25, 0.3) is 20.2 Å². The van der Waals surface area contributed by atoms with Gasteiger partial charge in [0.2, 0.25) is 34.8 Å². The van der Waals surface area contributed by atoms with Gasteiger partial charge in [0.15, 0.2) is 23.3 Å². The number of hydrogen-bond acceptors (Lipinski definition) is 14. The van der Waals surface area contributed by atoms with Crippen LogP contribution in [0.4, 0.5) is 69.2 Å². The summed E-state index contributed by atoms with van der Waals surface area (Å²) < 4.78 is 248. The number of nitrogens with zero attached hydrogens (tertiary/aromatic N) is 2. The summed E-state index contributed by atoms with van der Waals surface area (Å²) in [5.41, 5.74) is 10.4. The van der Waals surface area contributed by atoms with Gasteiger partial charge in [-0.05, 0) is 167 Å². The van der Waals surface area contributed by atoms with Crippen LogP contribution in [-0.2, 0) is 60.7 Å². The highest BCUT2D eigenvalue weighted by Crippen LogP contribution is 2.46. The molecule has 14 rings (SSSR count). The summed E-state index contributed by atoms with van der Waals surface area (Å²) in [6.07, 6.45) is 2.74. The van der Waals surface area contributed by atoms with Gasteiger partial charge in [0.05, 0.1) is 20.9 Å². The minimum atomic E-state index is -4.96. The van der Waals surface area contributed by atoms with Crippen molar-refractivity contribution in [3.63, 3.8) is 0 Å². The Labute approximate surface area is 633 Å². The number of anilines is 6. The molecular weight excluding hydrogens is 1530 g/mol. The number of halogens is 8. The molecule has 0 bridgehead atoms. The molecule has 16 nitrogen and oxygen atoms in total. The summed E-state index contributed by atoms with van der Waals surface area (Å²) in [6.45, 7) is 0. The van der Waals surface area contributed by atoms with Crippen molar-refractivity contribution < 1.29 is 95.8 Å². The number of para-hydroxylation sites is 4. The molecule has 0 amide bonds. The van der Waals surface area contributed by atoms with Crippen LogP contribution in [0.3, 0.4) is 0 Å². The molecule has 28 heteroatoms. The van der Waals surface area contributed by atoms with Crippen LogP contribution in [-0.4, -0.2) is 51.2 Å². The van der Waals surface area contributed by atoms with E-state index in [1.807, 2.05) is 0 Å². The standard InChI is InChI=1S/C51H42N2.C32H14F8O8S2.2O3S/c1-5-13-46(14-6-1)52(47-15-7-2-8-16-47)50-33-29-44(30-34-50)38-42-25-21-40(22-26-42)37-41-23-27-43(28-24-41)39-45-31-35-51(36-32-45)53(48-17-9-3-10-18-48)49-19-11-4-12-20-49;33-23-21(24(34)28(38)31(27(23)37)47-19-7-3-5-14-10-15(49(41,42)43)8-9-18(14)19)22-25(35)29(39)32(30(40)26(22)36)48-20-12-16(50(44,45)46)11-13-4-1-2-6-17(13)20;2*1-4(2)3/h1-36H,37-39H2;1-12H,(H,41,42,43)(H,44,45,46);;. The topological polar surface area (TPSA) is 236 Å². The van der Waals surface area contributed by atoms with Crippen molar-refractivity contribution in [3.05, 3.63) is 371 Å². The highest BCUT2D eigenvalue weighted by molar-refractivity contribution is 7.86. The maximum Gasteiger partial charge on any atom is 0.425 e. The average molecular weight is 1590 g/mol. The number of benzene rings is 14. The summed E-state index contributed by atoms with van der Waals surface area (Å²) in [7, 11) is -15.9. The van der Waals surface area contributed by atoms with E-state index < -0.39 is 132 Å². The third-order valence-electron chi connectivity index (χ3n) is 17.0. The van der Waals surface area contributed by atoms with Gasteiger partial charge in [0.1, 0.15) is 11.5 Å². The molecule has 0 fully saturated rings. The molecule has 14 aromatic carbocycles. The number of ether oxygens (including phenoxy) is 2. The smallest absolute Gasteiger partial charge is 0.425 e. The van der Waals surface area contributed by atoms with E-state index in [2.05, 4.69) is 228 Å². The normalized spacial score (nSPS) is 11.1. The quantitative estimate of drug-likeness (QED) is 0.0435. The van der Waals surface area contributed by atoms with Gasteiger partial charge in [-0.15, -0.1) is 25.3 Å². The fourth-order valence-electron chi connectivity index (χ4n) is 12.0. The lowest BCUT2D eigenvalue weighted by Gasteiger charge is -2.25. The van der Waals surface area contributed by atoms with Crippen molar-refractivity contribution in [2.24, 2.45) is 0 Å². The SMILES string of the molecule is O=S(=O)(O)c1ccc2c(Oc3c(F)c(F)c(-c4c(F)c(F)c(Oc5cc(S(=O)(=O)O)cc6ccccc56)c(F)c4F)c(F)c3F)cccc2c1.O=S(=O)=O.O=S(=O)=O.c1ccc(N(c2ccccc2)c2ccc(Cc3ccc(Cc4ccc(Cc5ccc(N(c6ccccc6)c6ccccc6)cc5)cc4)cc3)cc2)cc1. The van der Waals surface area contributed by atoms with Crippen LogP contribution in [0.2, 0.25) is 0 Å². The van der Waals surface area contributed by atoms with Crippen molar-refractivity contribution in [1.82, 2.24) is 0 Å². The van der Waals surface area contributed by atoms with Gasteiger partial charge in [-0.25, -0.2) is 17.6 Å². The van der Waals surface area contributed by atoms with Crippen LogP contribution in [0, 0.1) is 46.5 Å². The van der Waals surface area contributed by atoms with E-state index in [1.165, 1.54) is 69.8 Å². The summed E-state index contributed by atoms with van der Waals surface area (Å²) in [5.74, 6) is -25.0. The Hall–Kier alpha value is -12.7. The molecule has 562 valence electrons. The highest BCUT2D eigenvalue weighted by atomic mass is 32.2. The van der Waals surface area contributed by atoms with Crippen molar-refractivity contribution in [2.75, 3.05) is 9.80 Å². The van der Waals surface area contributed by atoms with Crippen LogP contribution in [0.15, 0.2) is 301 Å². The molecule has 0 aromatic heterocycles. The van der Waals surface area contributed by atoms with Gasteiger partial charge in [0, 0.05) is 51.0 Å². The molecule has 14 aromatic rings. The Bertz CT molecular complexity index is 5880. The molecule has 0 aliphatic carbocycles. The van der Waals surface area contributed by atoms with Gasteiger partial charge in [-0.1, -0.05) is 182 Å². The first-order chi connectivity index (χ1) is 53.1. The summed E-state index contributed by atoms with van der Waals surface area (Å²) in [4.78, 5) is 3.17. The predicted octanol–water partition coefficient (Wildman–Crippen LogP) is 20.2. The van der Waals surface area contributed by atoms with Crippen LogP contribution in [0.5, 0.6) is 23.0 Å². The summed E-state index contributed by atoms with van der Waals surface area (Å²) in [6, 6.07) is 91.5. The van der Waals surface area contributed by atoms with Crippen LogP contribution in [0.1, 0.15) is 33.4 Å². The molecule has 0 radical (unpaired) electrons. The molecule has 0 saturated heterocycles. The maximum absolute atomic E-state index is 15.4. The molecule has 0 atom stereocenters. The third-order valence-corrected chi connectivity index (χ3v) is 18.7. The zero-order chi connectivity index (χ0) is 79.3. The van der Waals surface area contributed by atoms with Crippen LogP contribution in [0.25, 0.3) is 32.7 Å². The average Bonchev–Trinajstić information content (AvgIpc) is 0.668. The van der Waals surface area contributed by atoms with Gasteiger partial charge >= 0.3 is 21.2 Å². The Kier molecular flexibility index (Phi) is 25.1. The number of fused-ring (bicyclic) bond motifs is 2. The lowest BCUT2D eigenvalue weighted by Crippen LogP contribution is -2.09. The molecule has 0 saturated carbocycles. The molecule has 0 unspecified atom stereocenters. The minimum Gasteiger partial charge on any atom is -0.450 e. The largest absolute Gasteiger partial charge is 0.450 e. The predicted molar refractivity (Wildman–Crippen MR) is 402 cm³/mol. The molecule has 0 heterocycles. The maximum atomic E-state index is 15.4. The summed E-state index contributed by atoms with van der Waals surface area (Å²) >= 11 is 0. The zero-order valence-electron chi connectivity index (χ0n) is 57.2. The second kappa shape index (κ2) is 35.1. The van der Waals surface area contributed by atoms with Crippen LogP contribution >= 0.6 is 0 Å². The Balaban J connectivity index is 0.000000201. The second-order valence-electron chi connectivity index (χ2n) is 24.3. The lowest BCUT2D eigenvalue weighted by molar-refractivity contribution is 0.362. The Morgan fingerprint density at radius 1 is 0.279 bits per heavy atom. The number of rotatable bonds is 19. The molecule has 0 spiro atoms. The van der Waals surface area contributed by atoms with E-state index in [1.54, 1.807) is 0 Å². The van der Waals surface area contributed by atoms with Gasteiger partial charge in [-0.3, -0.25) is 9.11 Å². The second-order valence-corrected chi connectivity index (χ2v) is 27.9. The van der Waals surface area contributed by atoms with E-state index in [0.717, 1.165) is 83.7 Å². The van der Waals surface area contributed by atoms with Crippen LogP contribution < -0.4 is 19.3 Å². The molecule has 0 aliphatic rings. The minimum absolute atomic E-state index is 0.00566. The Morgan fingerprint density at radius 2 is 0.541 bits per heavy atom. The summed E-state index contributed by atoms with van der Waals surface area (Å²) in [5, 5.41) is -0.147. The lowest BCUT2D eigenvalue weighted by atomic mass is 9.98. The molecule has 0 aliphatic heterocycles.